The van der Waals surface area contributed by atoms with Crippen LogP contribution in [0, 0.1) is 18.8 Å². The molecule has 0 N–H and O–H groups in total. The maximum Gasteiger partial charge on any atom is 0.0715 e. The van der Waals surface area contributed by atoms with Crippen LogP contribution >= 0.6 is 0 Å². The van der Waals surface area contributed by atoms with Gasteiger partial charge in [0.2, 0.25) is 0 Å². The van der Waals surface area contributed by atoms with Crippen molar-refractivity contribution in [3.8, 4) is 0 Å². The molecule has 3 atom stereocenters. The van der Waals surface area contributed by atoms with Gasteiger partial charge in [0.05, 0.1) is 17.3 Å². The van der Waals surface area contributed by atoms with Crippen molar-refractivity contribution in [2.75, 3.05) is 33.5 Å². The van der Waals surface area contributed by atoms with Gasteiger partial charge < -0.3 is 18.9 Å². The molecule has 4 heteroatoms. The topological polar surface area (TPSA) is 36.9 Å². The largest absolute Gasteiger partial charge is 0.385 e. The van der Waals surface area contributed by atoms with Crippen LogP contribution in [0.15, 0.2) is 0 Å². The van der Waals surface area contributed by atoms with Crippen molar-refractivity contribution in [2.24, 2.45) is 11.8 Å². The molecule has 1 radical (unpaired) electrons. The predicted molar refractivity (Wildman–Crippen MR) is 128 cm³/mol. The summed E-state index contributed by atoms with van der Waals surface area (Å²) in [6, 6.07) is 0. The maximum atomic E-state index is 6.76. The van der Waals surface area contributed by atoms with E-state index in [1.807, 2.05) is 0 Å². The highest BCUT2D eigenvalue weighted by Crippen LogP contribution is 2.37. The van der Waals surface area contributed by atoms with Crippen molar-refractivity contribution in [1.29, 1.82) is 0 Å². The summed E-state index contributed by atoms with van der Waals surface area (Å²) in [7, 11) is 1.77. The predicted octanol–water partition coefficient (Wildman–Crippen LogP) is 6.86. The summed E-state index contributed by atoms with van der Waals surface area (Å²) < 4.78 is 23.9. The molecule has 0 aliphatic heterocycles. The summed E-state index contributed by atoms with van der Waals surface area (Å²) in [6.07, 6.45) is 8.47. The first kappa shape index (κ1) is 29.8. The lowest BCUT2D eigenvalue weighted by atomic mass is 9.78. The number of methoxy groups -OCH3 is 1. The molecule has 0 rings (SSSR count). The first-order valence-corrected chi connectivity index (χ1v) is 12.3. The Balaban J connectivity index is 5.12. The zero-order chi connectivity index (χ0) is 23.0. The fourth-order valence-electron chi connectivity index (χ4n) is 3.67. The van der Waals surface area contributed by atoms with Crippen molar-refractivity contribution in [3.63, 3.8) is 0 Å². The Morgan fingerprint density at radius 2 is 1.50 bits per heavy atom. The van der Waals surface area contributed by atoms with E-state index >= 15 is 0 Å². The molecule has 181 valence electrons. The molecule has 30 heavy (non-hydrogen) atoms. The summed E-state index contributed by atoms with van der Waals surface area (Å²) in [6.45, 7) is 22.9. The van der Waals surface area contributed by atoms with Crippen LogP contribution in [0.2, 0.25) is 0 Å². The van der Waals surface area contributed by atoms with E-state index in [0.717, 1.165) is 77.8 Å². The lowest BCUT2D eigenvalue weighted by Gasteiger charge is -2.42. The molecule has 0 aromatic rings. The lowest BCUT2D eigenvalue weighted by Crippen LogP contribution is -2.43. The Morgan fingerprint density at radius 1 is 0.867 bits per heavy atom. The van der Waals surface area contributed by atoms with Crippen LogP contribution in [0.3, 0.4) is 0 Å². The Kier molecular flexibility index (Phi) is 16.4. The van der Waals surface area contributed by atoms with E-state index in [1.54, 1.807) is 7.11 Å². The van der Waals surface area contributed by atoms with Crippen LogP contribution in [0.5, 0.6) is 0 Å². The summed E-state index contributed by atoms with van der Waals surface area (Å²) in [5.41, 5.74) is -0.320. The minimum atomic E-state index is -0.217. The monoisotopic (exact) mass is 429 g/mol. The number of hydrogen-bond donors (Lipinski definition) is 0. The molecule has 0 spiro atoms. The Bertz CT molecular complexity index is 391. The molecule has 0 aliphatic carbocycles. The van der Waals surface area contributed by atoms with E-state index in [2.05, 4.69) is 55.4 Å². The van der Waals surface area contributed by atoms with Gasteiger partial charge in [0.1, 0.15) is 0 Å². The molecule has 0 fully saturated rings. The van der Waals surface area contributed by atoms with Gasteiger partial charge in [0.25, 0.3) is 0 Å². The first-order valence-electron chi connectivity index (χ1n) is 12.3. The zero-order valence-corrected chi connectivity index (χ0v) is 21.6. The van der Waals surface area contributed by atoms with E-state index in [9.17, 15) is 0 Å². The van der Waals surface area contributed by atoms with Crippen molar-refractivity contribution < 1.29 is 18.9 Å². The molecule has 0 aliphatic rings. The number of ether oxygens (including phenoxy) is 4. The average molecular weight is 430 g/mol. The van der Waals surface area contributed by atoms with Crippen molar-refractivity contribution in [3.05, 3.63) is 6.92 Å². The van der Waals surface area contributed by atoms with Gasteiger partial charge in [-0.15, -0.1) is 0 Å². The van der Waals surface area contributed by atoms with Crippen LogP contribution in [0.4, 0.5) is 0 Å². The van der Waals surface area contributed by atoms with Gasteiger partial charge in [-0.25, -0.2) is 0 Å². The Labute approximate surface area is 188 Å². The van der Waals surface area contributed by atoms with Crippen LogP contribution in [-0.4, -0.2) is 50.8 Å². The summed E-state index contributed by atoms with van der Waals surface area (Å²) >= 11 is 0. The summed E-state index contributed by atoms with van der Waals surface area (Å²) in [5, 5.41) is 0. The third kappa shape index (κ3) is 14.8. The second-order valence-electron chi connectivity index (χ2n) is 10.2. The molecule has 0 aromatic heterocycles. The van der Waals surface area contributed by atoms with Crippen molar-refractivity contribution in [2.45, 2.75) is 117 Å². The lowest BCUT2D eigenvalue weighted by molar-refractivity contribution is -0.133. The fourth-order valence-corrected chi connectivity index (χ4v) is 3.67. The van der Waals surface area contributed by atoms with Gasteiger partial charge in [-0.1, -0.05) is 27.2 Å². The Morgan fingerprint density at radius 3 is 2.03 bits per heavy atom. The molecule has 0 amide bonds. The molecule has 0 bridgehead atoms. The highest BCUT2D eigenvalue weighted by Gasteiger charge is 2.37. The third-order valence-electron chi connectivity index (χ3n) is 5.53. The highest BCUT2D eigenvalue weighted by atomic mass is 16.5. The quantitative estimate of drug-likeness (QED) is 0.210. The van der Waals surface area contributed by atoms with E-state index in [1.165, 1.54) is 0 Å². The van der Waals surface area contributed by atoms with Gasteiger partial charge in [-0.3, -0.25) is 0 Å². The molecule has 3 unspecified atom stereocenters. The third-order valence-corrected chi connectivity index (χ3v) is 5.53. The smallest absolute Gasteiger partial charge is 0.0715 e. The van der Waals surface area contributed by atoms with E-state index < -0.39 is 0 Å². The minimum absolute atomic E-state index is 0.102. The molecular formula is C26H53O4. The molecule has 4 nitrogen and oxygen atoms in total. The van der Waals surface area contributed by atoms with Crippen LogP contribution in [0.25, 0.3) is 0 Å². The average Bonchev–Trinajstić information content (AvgIpc) is 2.66. The molecule has 0 saturated carbocycles. The zero-order valence-electron chi connectivity index (χ0n) is 21.6. The Hall–Kier alpha value is -0.160. The second-order valence-corrected chi connectivity index (χ2v) is 10.2. The van der Waals surface area contributed by atoms with Crippen molar-refractivity contribution >= 4 is 0 Å². The molecule has 0 aromatic carbocycles. The van der Waals surface area contributed by atoms with Gasteiger partial charge in [0, 0.05) is 33.5 Å². The number of hydrogen-bond acceptors (Lipinski definition) is 4. The number of rotatable bonds is 19. The standard InChI is InChI=1S/C26H53O4/c1-10-24(5)30-26(16-13-19-28-21-22(2)3,17-14-20-29-25(6,7)8)23(4)15-11-12-18-27-9/h22-24H,4,10-21H2,1-3,5-9H3. The number of unbranched alkanes of at least 4 members (excludes halogenated alkanes) is 1. The fraction of sp³-hybridized carbons (Fsp3) is 0.962. The molecule has 0 heterocycles. The van der Waals surface area contributed by atoms with Gasteiger partial charge in [-0.2, -0.15) is 0 Å². The molecular weight excluding hydrogens is 376 g/mol. The van der Waals surface area contributed by atoms with E-state index in [0.29, 0.717) is 5.92 Å². The van der Waals surface area contributed by atoms with Gasteiger partial charge in [0.15, 0.2) is 0 Å². The normalized spacial score (nSPS) is 16.6. The summed E-state index contributed by atoms with van der Waals surface area (Å²) in [4.78, 5) is 0. The highest BCUT2D eigenvalue weighted by molar-refractivity contribution is 4.91. The van der Waals surface area contributed by atoms with Crippen LogP contribution < -0.4 is 0 Å². The van der Waals surface area contributed by atoms with E-state index in [4.69, 9.17) is 18.9 Å². The maximum absolute atomic E-state index is 6.76. The van der Waals surface area contributed by atoms with Crippen LogP contribution in [-0.2, 0) is 18.9 Å². The second kappa shape index (κ2) is 16.5. The van der Waals surface area contributed by atoms with Crippen LogP contribution in [0.1, 0.15) is 99.8 Å². The van der Waals surface area contributed by atoms with E-state index in [-0.39, 0.29) is 23.2 Å². The first-order chi connectivity index (χ1) is 14.1. The van der Waals surface area contributed by atoms with Crippen molar-refractivity contribution in [1.82, 2.24) is 0 Å². The van der Waals surface area contributed by atoms with Gasteiger partial charge in [-0.05, 0) is 91.4 Å². The SMILES string of the molecule is [CH2]C(CCCCOC)C(CCCOCC(C)C)(CCCOC(C)(C)C)OC(C)CC. The van der Waals surface area contributed by atoms with Gasteiger partial charge >= 0.3 is 0 Å². The summed E-state index contributed by atoms with van der Waals surface area (Å²) in [5.74, 6) is 0.824. The molecule has 0 saturated heterocycles. The minimum Gasteiger partial charge on any atom is -0.385 e.